The maximum absolute atomic E-state index is 11.8. The molecule has 2 aliphatic heterocycles. The second kappa shape index (κ2) is 4.85. The summed E-state index contributed by atoms with van der Waals surface area (Å²) in [7, 11) is 0. The van der Waals surface area contributed by atoms with E-state index in [4.69, 9.17) is 9.84 Å². The van der Waals surface area contributed by atoms with E-state index in [-0.39, 0.29) is 31.1 Å². The highest BCUT2D eigenvalue weighted by Crippen LogP contribution is 2.24. The van der Waals surface area contributed by atoms with Gasteiger partial charge in [-0.2, -0.15) is 0 Å². The number of hydrogen-bond acceptors (Lipinski definition) is 4. The number of hydrogen-bond donors (Lipinski definition) is 2. The molecule has 0 aromatic rings. The fourth-order valence-corrected chi connectivity index (χ4v) is 1.97. The molecule has 2 unspecified atom stereocenters. The Balaban J connectivity index is 2.13. The van der Waals surface area contributed by atoms with Crippen LogP contribution < -0.4 is 5.32 Å². The van der Waals surface area contributed by atoms with E-state index in [9.17, 15) is 9.59 Å². The Labute approximate surface area is 99.2 Å². The third kappa shape index (κ3) is 2.48. The normalized spacial score (nSPS) is 30.0. The van der Waals surface area contributed by atoms with Crippen molar-refractivity contribution in [2.24, 2.45) is 0 Å². The zero-order valence-corrected chi connectivity index (χ0v) is 9.68. The summed E-state index contributed by atoms with van der Waals surface area (Å²) in [4.78, 5) is 24.6. The molecule has 0 saturated carbocycles. The molecule has 0 radical (unpaired) electrons. The first-order valence-corrected chi connectivity index (χ1v) is 5.66. The highest BCUT2D eigenvalue weighted by atomic mass is 16.5. The maximum Gasteiger partial charge on any atom is 0.323 e. The molecule has 2 heterocycles. The molecule has 2 rings (SSSR count). The number of ketones is 1. The van der Waals surface area contributed by atoms with Crippen molar-refractivity contribution in [3.05, 3.63) is 11.8 Å². The molecule has 0 bridgehead atoms. The second-order valence-corrected chi connectivity index (χ2v) is 4.27. The molecule has 1 fully saturated rings. The number of amides is 2. The van der Waals surface area contributed by atoms with Crippen molar-refractivity contribution >= 4 is 11.8 Å². The van der Waals surface area contributed by atoms with Crippen LogP contribution in [-0.2, 0) is 9.53 Å². The molecule has 94 valence electrons. The minimum absolute atomic E-state index is 0.0216. The van der Waals surface area contributed by atoms with Crippen LogP contribution in [0.1, 0.15) is 19.8 Å². The van der Waals surface area contributed by atoms with Crippen LogP contribution in [0.3, 0.4) is 0 Å². The second-order valence-electron chi connectivity index (χ2n) is 4.27. The number of carbonyl (C=O) groups excluding carboxylic acids is 2. The van der Waals surface area contributed by atoms with Gasteiger partial charge in [-0.1, -0.05) is 0 Å². The monoisotopic (exact) mass is 240 g/mol. The summed E-state index contributed by atoms with van der Waals surface area (Å²) in [6, 6.07) is -0.334. The van der Waals surface area contributed by atoms with Crippen molar-refractivity contribution < 1.29 is 19.4 Å². The first-order chi connectivity index (χ1) is 8.11. The maximum atomic E-state index is 11.8. The van der Waals surface area contributed by atoms with Gasteiger partial charge in [0.15, 0.2) is 5.78 Å². The largest absolute Gasteiger partial charge is 0.394 e. The number of ether oxygens (including phenoxy) is 1. The van der Waals surface area contributed by atoms with Gasteiger partial charge in [0, 0.05) is 11.8 Å². The Morgan fingerprint density at radius 3 is 2.94 bits per heavy atom. The number of carbonyl (C=O) groups is 2. The lowest BCUT2D eigenvalue weighted by Gasteiger charge is -2.24. The van der Waals surface area contributed by atoms with Crippen LogP contribution in [0, 0.1) is 0 Å². The Bertz CT molecular complexity index is 366. The minimum Gasteiger partial charge on any atom is -0.394 e. The number of urea groups is 1. The van der Waals surface area contributed by atoms with E-state index in [0.29, 0.717) is 18.4 Å². The molecule has 2 aliphatic rings. The minimum atomic E-state index is -0.395. The highest BCUT2D eigenvalue weighted by molar-refractivity contribution is 5.99. The van der Waals surface area contributed by atoms with Crippen LogP contribution in [0.2, 0.25) is 0 Å². The van der Waals surface area contributed by atoms with Crippen molar-refractivity contribution in [2.75, 3.05) is 13.2 Å². The lowest BCUT2D eigenvalue weighted by molar-refractivity contribution is -0.114. The van der Waals surface area contributed by atoms with Crippen molar-refractivity contribution in [3.63, 3.8) is 0 Å². The van der Waals surface area contributed by atoms with Crippen LogP contribution in [0.15, 0.2) is 11.8 Å². The van der Waals surface area contributed by atoms with Gasteiger partial charge < -0.3 is 15.2 Å². The topological polar surface area (TPSA) is 78.9 Å². The molecule has 0 spiro atoms. The molecular weight excluding hydrogens is 224 g/mol. The van der Waals surface area contributed by atoms with Gasteiger partial charge in [-0.05, 0) is 19.8 Å². The SMILES string of the molecule is CC1=CN(C2CCC(CO)O2)C(=O)NCC1=O. The van der Waals surface area contributed by atoms with Gasteiger partial charge in [-0.15, -0.1) is 0 Å². The van der Waals surface area contributed by atoms with Gasteiger partial charge in [0.25, 0.3) is 0 Å². The van der Waals surface area contributed by atoms with Crippen LogP contribution in [0.5, 0.6) is 0 Å². The molecule has 2 amide bonds. The fourth-order valence-electron chi connectivity index (χ4n) is 1.97. The number of aliphatic hydroxyl groups excluding tert-OH is 1. The van der Waals surface area contributed by atoms with E-state index in [0.717, 1.165) is 0 Å². The number of Topliss-reactive ketones (excluding diaryl/α,β-unsaturated/α-hetero) is 1. The van der Waals surface area contributed by atoms with Gasteiger partial charge in [0.05, 0.1) is 19.3 Å². The summed E-state index contributed by atoms with van der Waals surface area (Å²) < 4.78 is 5.52. The highest BCUT2D eigenvalue weighted by Gasteiger charge is 2.33. The Morgan fingerprint density at radius 2 is 2.29 bits per heavy atom. The van der Waals surface area contributed by atoms with E-state index in [1.165, 1.54) is 11.1 Å². The molecule has 6 heteroatoms. The number of nitrogens with one attached hydrogen (secondary N) is 1. The summed E-state index contributed by atoms with van der Waals surface area (Å²) in [6.07, 6.45) is 2.28. The van der Waals surface area contributed by atoms with E-state index in [1.54, 1.807) is 6.92 Å². The average molecular weight is 240 g/mol. The summed E-state index contributed by atoms with van der Waals surface area (Å²) in [5, 5.41) is 11.5. The van der Waals surface area contributed by atoms with Gasteiger partial charge in [-0.3, -0.25) is 9.69 Å². The fraction of sp³-hybridized carbons (Fsp3) is 0.636. The van der Waals surface area contributed by atoms with Crippen LogP contribution >= 0.6 is 0 Å². The molecule has 17 heavy (non-hydrogen) atoms. The molecular formula is C11H16N2O4. The molecule has 0 aromatic heterocycles. The summed E-state index contributed by atoms with van der Waals surface area (Å²) in [6.45, 7) is 1.65. The predicted octanol–water partition coefficient (Wildman–Crippen LogP) is -0.0181. The number of nitrogens with zero attached hydrogens (tertiary/aromatic N) is 1. The van der Waals surface area contributed by atoms with Crippen LogP contribution in [-0.4, -0.2) is 47.3 Å². The summed E-state index contributed by atoms with van der Waals surface area (Å²) in [5.41, 5.74) is 0.527. The first-order valence-electron chi connectivity index (χ1n) is 5.66. The quantitative estimate of drug-likeness (QED) is 0.711. The number of aliphatic hydroxyl groups is 1. The zero-order valence-electron chi connectivity index (χ0n) is 9.68. The van der Waals surface area contributed by atoms with E-state index < -0.39 is 6.23 Å². The lowest BCUT2D eigenvalue weighted by atomic mass is 10.2. The van der Waals surface area contributed by atoms with E-state index in [1.807, 2.05) is 0 Å². The van der Waals surface area contributed by atoms with Gasteiger partial charge in [0.1, 0.15) is 6.23 Å². The standard InChI is InChI=1S/C11H16N2O4/c1-7-5-13(11(16)12-4-9(7)15)10-3-2-8(6-14)17-10/h5,8,10,14H,2-4,6H2,1H3,(H,12,16). The molecule has 2 atom stereocenters. The molecule has 6 nitrogen and oxygen atoms in total. The van der Waals surface area contributed by atoms with E-state index >= 15 is 0 Å². The number of rotatable bonds is 2. The van der Waals surface area contributed by atoms with Crippen molar-refractivity contribution in [1.29, 1.82) is 0 Å². The molecule has 0 aliphatic carbocycles. The molecule has 0 aromatic carbocycles. The Morgan fingerprint density at radius 1 is 1.53 bits per heavy atom. The smallest absolute Gasteiger partial charge is 0.323 e. The third-order valence-electron chi connectivity index (χ3n) is 3.01. The average Bonchev–Trinajstić information content (AvgIpc) is 2.75. The third-order valence-corrected chi connectivity index (χ3v) is 3.01. The lowest BCUT2D eigenvalue weighted by Crippen LogP contribution is -2.42. The van der Waals surface area contributed by atoms with Gasteiger partial charge in [0.2, 0.25) is 0 Å². The Kier molecular flexibility index (Phi) is 3.44. The van der Waals surface area contributed by atoms with Crippen LogP contribution in [0.4, 0.5) is 4.79 Å². The van der Waals surface area contributed by atoms with Crippen molar-refractivity contribution in [2.45, 2.75) is 32.1 Å². The van der Waals surface area contributed by atoms with Gasteiger partial charge in [-0.25, -0.2) is 4.79 Å². The van der Waals surface area contributed by atoms with Crippen molar-refractivity contribution in [1.82, 2.24) is 10.2 Å². The van der Waals surface area contributed by atoms with Gasteiger partial charge >= 0.3 is 6.03 Å². The summed E-state index contributed by atoms with van der Waals surface area (Å²) in [5.74, 6) is -0.0995. The van der Waals surface area contributed by atoms with E-state index in [2.05, 4.69) is 5.32 Å². The van der Waals surface area contributed by atoms with Crippen molar-refractivity contribution in [3.8, 4) is 0 Å². The first kappa shape index (κ1) is 12.1. The molecule has 2 N–H and O–H groups in total. The predicted molar refractivity (Wildman–Crippen MR) is 59.0 cm³/mol. The Hall–Kier alpha value is -1.40. The van der Waals surface area contributed by atoms with Crippen LogP contribution in [0.25, 0.3) is 0 Å². The zero-order chi connectivity index (χ0) is 12.4. The molecule has 1 saturated heterocycles. The summed E-state index contributed by atoms with van der Waals surface area (Å²) >= 11 is 0.